The molecule has 0 radical (unpaired) electrons. The van der Waals surface area contributed by atoms with Crippen molar-refractivity contribution in [2.45, 2.75) is 12.7 Å². The van der Waals surface area contributed by atoms with Crippen molar-refractivity contribution >= 4 is 17.5 Å². The molecule has 144 valence electrons. The van der Waals surface area contributed by atoms with E-state index in [9.17, 15) is 22.4 Å². The van der Waals surface area contributed by atoms with E-state index in [1.165, 1.54) is 24.3 Å². The number of amides is 1. The van der Waals surface area contributed by atoms with Crippen molar-refractivity contribution in [3.8, 4) is 0 Å². The maximum atomic E-state index is 13.1. The third-order valence-corrected chi connectivity index (χ3v) is 4.88. The Morgan fingerprint density at radius 2 is 1.63 bits per heavy atom. The summed E-state index contributed by atoms with van der Waals surface area (Å²) in [5, 5.41) is 0.360. The lowest BCUT2D eigenvalue weighted by atomic mass is 10.1. The highest BCUT2D eigenvalue weighted by Crippen LogP contribution is 2.29. The molecule has 27 heavy (non-hydrogen) atoms. The molecule has 3 nitrogen and oxygen atoms in total. The normalized spacial score (nSPS) is 15.8. The Kier molecular flexibility index (Phi) is 5.72. The molecule has 1 saturated heterocycles. The van der Waals surface area contributed by atoms with Gasteiger partial charge in [-0.3, -0.25) is 9.69 Å². The van der Waals surface area contributed by atoms with Crippen LogP contribution < -0.4 is 0 Å². The molecule has 0 bridgehead atoms. The predicted octanol–water partition coefficient (Wildman–Crippen LogP) is 4.46. The fraction of sp³-hybridized carbons (Fsp3) is 0.316. The van der Waals surface area contributed by atoms with Gasteiger partial charge in [0.1, 0.15) is 5.82 Å². The number of nitrogens with zero attached hydrogens (tertiary/aromatic N) is 2. The Morgan fingerprint density at radius 3 is 2.19 bits per heavy atom. The van der Waals surface area contributed by atoms with Gasteiger partial charge in [-0.2, -0.15) is 13.2 Å². The van der Waals surface area contributed by atoms with Gasteiger partial charge in [-0.1, -0.05) is 17.7 Å². The number of rotatable bonds is 3. The first-order chi connectivity index (χ1) is 12.7. The summed E-state index contributed by atoms with van der Waals surface area (Å²) in [6.45, 7) is 2.65. The molecule has 0 aliphatic carbocycles. The number of hydrogen-bond acceptors (Lipinski definition) is 2. The van der Waals surface area contributed by atoms with Gasteiger partial charge in [0.25, 0.3) is 5.91 Å². The third kappa shape index (κ3) is 4.78. The van der Waals surface area contributed by atoms with Crippen LogP contribution in [-0.4, -0.2) is 41.9 Å². The van der Waals surface area contributed by atoms with Crippen LogP contribution in [0.3, 0.4) is 0 Å². The minimum absolute atomic E-state index is 0.234. The van der Waals surface area contributed by atoms with E-state index in [0.717, 1.165) is 17.7 Å². The van der Waals surface area contributed by atoms with Crippen molar-refractivity contribution in [3.05, 3.63) is 70.0 Å². The SMILES string of the molecule is O=C(c1ccc(C(F)(F)F)cc1)N1CCN(Cc2ccc(F)cc2Cl)CC1. The van der Waals surface area contributed by atoms with Gasteiger partial charge in [-0.25, -0.2) is 4.39 Å². The standard InChI is InChI=1S/C19H17ClF4N2O/c20-17-11-16(21)6-3-14(17)12-25-7-9-26(10-8-25)18(27)13-1-4-15(5-2-13)19(22,23)24/h1-6,11H,7-10,12H2. The maximum Gasteiger partial charge on any atom is 0.416 e. The van der Waals surface area contributed by atoms with Gasteiger partial charge in [0, 0.05) is 43.3 Å². The topological polar surface area (TPSA) is 23.6 Å². The summed E-state index contributed by atoms with van der Waals surface area (Å²) in [7, 11) is 0. The van der Waals surface area contributed by atoms with E-state index in [0.29, 0.717) is 37.7 Å². The molecule has 2 aromatic rings. The van der Waals surface area contributed by atoms with Crippen molar-refractivity contribution in [2.75, 3.05) is 26.2 Å². The monoisotopic (exact) mass is 400 g/mol. The quantitative estimate of drug-likeness (QED) is 0.710. The highest BCUT2D eigenvalue weighted by molar-refractivity contribution is 6.31. The van der Waals surface area contributed by atoms with E-state index in [2.05, 4.69) is 4.90 Å². The molecule has 1 fully saturated rings. The van der Waals surface area contributed by atoms with Gasteiger partial charge < -0.3 is 4.90 Å². The zero-order valence-corrected chi connectivity index (χ0v) is 15.0. The van der Waals surface area contributed by atoms with E-state index < -0.39 is 17.6 Å². The number of alkyl halides is 3. The summed E-state index contributed by atoms with van der Waals surface area (Å²) in [6, 6.07) is 8.50. The number of piperazine rings is 1. The van der Waals surface area contributed by atoms with Crippen LogP contribution in [-0.2, 0) is 12.7 Å². The summed E-state index contributed by atoms with van der Waals surface area (Å²) in [5.41, 5.74) is 0.263. The van der Waals surface area contributed by atoms with E-state index in [1.807, 2.05) is 0 Å². The van der Waals surface area contributed by atoms with Crippen LogP contribution in [0.2, 0.25) is 5.02 Å². The van der Waals surface area contributed by atoms with Crippen molar-refractivity contribution in [1.29, 1.82) is 0 Å². The van der Waals surface area contributed by atoms with E-state index >= 15 is 0 Å². The molecule has 1 aliphatic rings. The molecular formula is C19H17ClF4N2O. The molecule has 3 rings (SSSR count). The molecule has 1 heterocycles. The van der Waals surface area contributed by atoms with Gasteiger partial charge in [0.05, 0.1) is 5.56 Å². The first kappa shape index (κ1) is 19.6. The molecule has 0 aromatic heterocycles. The molecule has 0 spiro atoms. The van der Waals surface area contributed by atoms with Crippen LogP contribution in [0.25, 0.3) is 0 Å². The molecule has 1 amide bonds. The Morgan fingerprint density at radius 1 is 1.00 bits per heavy atom. The number of hydrogen-bond donors (Lipinski definition) is 0. The molecule has 0 saturated carbocycles. The minimum atomic E-state index is -4.42. The van der Waals surface area contributed by atoms with Crippen LogP contribution in [0.5, 0.6) is 0 Å². The number of benzene rings is 2. The summed E-state index contributed by atoms with van der Waals surface area (Å²) < 4.78 is 51.0. The van der Waals surface area contributed by atoms with Crippen molar-refractivity contribution < 1.29 is 22.4 Å². The molecule has 8 heteroatoms. The highest BCUT2D eigenvalue weighted by atomic mass is 35.5. The average Bonchev–Trinajstić information content (AvgIpc) is 2.63. The number of carbonyl (C=O) groups excluding carboxylic acids is 1. The Balaban J connectivity index is 1.57. The lowest BCUT2D eigenvalue weighted by Gasteiger charge is -2.35. The van der Waals surface area contributed by atoms with E-state index in [1.54, 1.807) is 11.0 Å². The third-order valence-electron chi connectivity index (χ3n) is 4.53. The van der Waals surface area contributed by atoms with Crippen LogP contribution in [0, 0.1) is 5.82 Å². The zero-order valence-electron chi connectivity index (χ0n) is 14.3. The zero-order chi connectivity index (χ0) is 19.6. The van der Waals surface area contributed by atoms with Crippen LogP contribution in [0.15, 0.2) is 42.5 Å². The van der Waals surface area contributed by atoms with Gasteiger partial charge in [0.2, 0.25) is 0 Å². The first-order valence-electron chi connectivity index (χ1n) is 8.37. The van der Waals surface area contributed by atoms with Crippen molar-refractivity contribution in [1.82, 2.24) is 9.80 Å². The van der Waals surface area contributed by atoms with Gasteiger partial charge in [-0.05, 0) is 42.0 Å². The van der Waals surface area contributed by atoms with Crippen LogP contribution >= 0.6 is 11.6 Å². The first-order valence-corrected chi connectivity index (χ1v) is 8.74. The van der Waals surface area contributed by atoms with Gasteiger partial charge >= 0.3 is 6.18 Å². The largest absolute Gasteiger partial charge is 0.416 e. The second-order valence-corrected chi connectivity index (χ2v) is 6.79. The lowest BCUT2D eigenvalue weighted by molar-refractivity contribution is -0.137. The molecule has 0 N–H and O–H groups in total. The van der Waals surface area contributed by atoms with Crippen LogP contribution in [0.4, 0.5) is 17.6 Å². The van der Waals surface area contributed by atoms with Crippen molar-refractivity contribution in [2.24, 2.45) is 0 Å². The number of halogens is 5. The highest BCUT2D eigenvalue weighted by Gasteiger charge is 2.30. The second-order valence-electron chi connectivity index (χ2n) is 6.38. The Bertz CT molecular complexity index is 815. The van der Waals surface area contributed by atoms with E-state index in [-0.39, 0.29) is 11.5 Å². The Hall–Kier alpha value is -2.12. The number of carbonyl (C=O) groups is 1. The Labute approximate surface area is 159 Å². The van der Waals surface area contributed by atoms with Crippen LogP contribution in [0.1, 0.15) is 21.5 Å². The maximum absolute atomic E-state index is 13.1. The molecule has 0 atom stereocenters. The predicted molar refractivity (Wildman–Crippen MR) is 94.0 cm³/mol. The lowest BCUT2D eigenvalue weighted by Crippen LogP contribution is -2.48. The molecule has 1 aliphatic heterocycles. The molecule has 2 aromatic carbocycles. The molecule has 0 unspecified atom stereocenters. The minimum Gasteiger partial charge on any atom is -0.336 e. The summed E-state index contributed by atoms with van der Waals surface area (Å²) in [6.07, 6.45) is -4.42. The molecular weight excluding hydrogens is 384 g/mol. The van der Waals surface area contributed by atoms with Gasteiger partial charge in [-0.15, -0.1) is 0 Å². The smallest absolute Gasteiger partial charge is 0.336 e. The second kappa shape index (κ2) is 7.86. The van der Waals surface area contributed by atoms with Gasteiger partial charge in [0.15, 0.2) is 0 Å². The summed E-state index contributed by atoms with van der Waals surface area (Å²) >= 11 is 6.04. The average molecular weight is 401 g/mol. The fourth-order valence-electron chi connectivity index (χ4n) is 2.98. The van der Waals surface area contributed by atoms with Crippen molar-refractivity contribution in [3.63, 3.8) is 0 Å². The van der Waals surface area contributed by atoms with E-state index in [4.69, 9.17) is 11.6 Å². The fourth-order valence-corrected chi connectivity index (χ4v) is 3.21. The summed E-state index contributed by atoms with van der Waals surface area (Å²) in [5.74, 6) is -0.682. The summed E-state index contributed by atoms with van der Waals surface area (Å²) in [4.78, 5) is 16.2.